The summed E-state index contributed by atoms with van der Waals surface area (Å²) >= 11 is 0. The van der Waals surface area contributed by atoms with E-state index in [2.05, 4.69) is 15.4 Å². The number of amides is 1. The van der Waals surface area contributed by atoms with E-state index in [0.717, 1.165) is 27.9 Å². The van der Waals surface area contributed by atoms with Gasteiger partial charge >= 0.3 is 0 Å². The van der Waals surface area contributed by atoms with Crippen LogP contribution in [0.15, 0.2) is 67.0 Å². The van der Waals surface area contributed by atoms with E-state index in [1.807, 2.05) is 78.6 Å². The molecule has 0 radical (unpaired) electrons. The number of ether oxygens (including phenoxy) is 1. The summed E-state index contributed by atoms with van der Waals surface area (Å²) in [5.41, 5.74) is 4.17. The maximum absolute atomic E-state index is 12.7. The zero-order valence-corrected chi connectivity index (χ0v) is 16.4. The quantitative estimate of drug-likeness (QED) is 0.548. The Labute approximate surface area is 169 Å². The van der Waals surface area contributed by atoms with E-state index in [9.17, 15) is 4.79 Å². The zero-order valence-electron chi connectivity index (χ0n) is 16.4. The van der Waals surface area contributed by atoms with Crippen LogP contribution in [0.25, 0.3) is 16.6 Å². The molecule has 0 aliphatic carbocycles. The van der Waals surface area contributed by atoms with Crippen LogP contribution in [0, 0.1) is 6.92 Å². The molecular formula is C23H22N4O2. The normalized spacial score (nSPS) is 10.8. The molecule has 0 saturated carbocycles. The molecule has 146 valence electrons. The number of carbonyl (C=O) groups excluding carboxylic acids is 1. The van der Waals surface area contributed by atoms with E-state index in [1.165, 1.54) is 0 Å². The minimum atomic E-state index is -0.122. The Morgan fingerprint density at radius 2 is 1.97 bits per heavy atom. The first-order valence-corrected chi connectivity index (χ1v) is 9.46. The van der Waals surface area contributed by atoms with Gasteiger partial charge in [0.1, 0.15) is 5.75 Å². The Hall–Kier alpha value is -3.67. The summed E-state index contributed by atoms with van der Waals surface area (Å²) in [6.07, 6.45) is 4.52. The fourth-order valence-corrected chi connectivity index (χ4v) is 3.23. The van der Waals surface area contributed by atoms with Crippen molar-refractivity contribution in [3.8, 4) is 11.4 Å². The second-order valence-corrected chi connectivity index (χ2v) is 6.81. The first-order chi connectivity index (χ1) is 14.1. The third-order valence-corrected chi connectivity index (χ3v) is 4.82. The SMILES string of the molecule is COc1ccc2cc(C(=O)NCCc3cnn(-c4ccccc4)c3)c(C)nc2c1. The number of hydrogen-bond donors (Lipinski definition) is 1. The zero-order chi connectivity index (χ0) is 20.2. The average molecular weight is 386 g/mol. The van der Waals surface area contributed by atoms with Gasteiger partial charge in [-0.25, -0.2) is 4.68 Å². The van der Waals surface area contributed by atoms with E-state index >= 15 is 0 Å². The molecule has 2 aromatic heterocycles. The smallest absolute Gasteiger partial charge is 0.253 e. The van der Waals surface area contributed by atoms with Crippen LogP contribution in [0.5, 0.6) is 5.75 Å². The molecule has 0 bridgehead atoms. The van der Waals surface area contributed by atoms with Gasteiger partial charge in [0.15, 0.2) is 0 Å². The predicted octanol–water partition coefficient (Wildman–Crippen LogP) is 3.71. The number of aryl methyl sites for hydroxylation is 1. The number of hydrogen-bond acceptors (Lipinski definition) is 4. The van der Waals surface area contributed by atoms with Gasteiger partial charge in [-0.15, -0.1) is 0 Å². The van der Waals surface area contributed by atoms with Gasteiger partial charge in [0.25, 0.3) is 5.91 Å². The number of benzene rings is 2. The van der Waals surface area contributed by atoms with Gasteiger partial charge < -0.3 is 10.1 Å². The standard InChI is InChI=1S/C23H22N4O2/c1-16-21(12-18-8-9-20(29-2)13-22(18)26-16)23(28)24-11-10-17-14-25-27(15-17)19-6-4-3-5-7-19/h3-9,12-15H,10-11H2,1-2H3,(H,24,28). The molecule has 0 spiro atoms. The lowest BCUT2D eigenvalue weighted by Crippen LogP contribution is -2.26. The summed E-state index contributed by atoms with van der Waals surface area (Å²) in [5.74, 6) is 0.626. The van der Waals surface area contributed by atoms with Crippen molar-refractivity contribution in [2.45, 2.75) is 13.3 Å². The molecule has 4 rings (SSSR count). The Morgan fingerprint density at radius 1 is 1.14 bits per heavy atom. The lowest BCUT2D eigenvalue weighted by Gasteiger charge is -2.09. The van der Waals surface area contributed by atoms with E-state index in [1.54, 1.807) is 7.11 Å². The summed E-state index contributed by atoms with van der Waals surface area (Å²) in [4.78, 5) is 17.2. The highest BCUT2D eigenvalue weighted by atomic mass is 16.5. The van der Waals surface area contributed by atoms with E-state index in [4.69, 9.17) is 4.74 Å². The van der Waals surface area contributed by atoms with Crippen LogP contribution in [-0.4, -0.2) is 34.3 Å². The third kappa shape index (κ3) is 4.11. The number of nitrogens with zero attached hydrogens (tertiary/aromatic N) is 3. The van der Waals surface area contributed by atoms with E-state index in [-0.39, 0.29) is 5.91 Å². The topological polar surface area (TPSA) is 69.0 Å². The van der Waals surface area contributed by atoms with Crippen LogP contribution in [-0.2, 0) is 6.42 Å². The number of rotatable bonds is 6. The van der Waals surface area contributed by atoms with Crippen LogP contribution >= 0.6 is 0 Å². The van der Waals surface area contributed by atoms with E-state index < -0.39 is 0 Å². The van der Waals surface area contributed by atoms with Gasteiger partial charge in [-0.1, -0.05) is 18.2 Å². The van der Waals surface area contributed by atoms with Crippen molar-refractivity contribution in [3.63, 3.8) is 0 Å². The molecule has 0 aliphatic rings. The van der Waals surface area contributed by atoms with Crippen molar-refractivity contribution in [2.75, 3.05) is 13.7 Å². The number of aromatic nitrogens is 3. The Balaban J connectivity index is 1.41. The molecule has 6 nitrogen and oxygen atoms in total. The lowest BCUT2D eigenvalue weighted by molar-refractivity contribution is 0.0953. The van der Waals surface area contributed by atoms with Crippen molar-refractivity contribution >= 4 is 16.8 Å². The molecule has 2 heterocycles. The Kier molecular flexibility index (Phi) is 5.24. The fourth-order valence-electron chi connectivity index (χ4n) is 3.23. The molecular weight excluding hydrogens is 364 g/mol. The molecule has 0 aliphatic heterocycles. The summed E-state index contributed by atoms with van der Waals surface area (Å²) in [6.45, 7) is 2.37. The summed E-state index contributed by atoms with van der Waals surface area (Å²) in [7, 11) is 1.62. The molecule has 6 heteroatoms. The lowest BCUT2D eigenvalue weighted by atomic mass is 10.1. The van der Waals surface area contributed by atoms with E-state index in [0.29, 0.717) is 24.2 Å². The molecule has 0 saturated heterocycles. The maximum atomic E-state index is 12.7. The molecule has 29 heavy (non-hydrogen) atoms. The Bertz CT molecular complexity index is 1150. The van der Waals surface area contributed by atoms with Gasteiger partial charge in [-0.3, -0.25) is 9.78 Å². The fraction of sp³-hybridized carbons (Fsp3) is 0.174. The van der Waals surface area contributed by atoms with Crippen molar-refractivity contribution in [3.05, 3.63) is 83.8 Å². The van der Waals surface area contributed by atoms with Crippen molar-refractivity contribution in [2.24, 2.45) is 0 Å². The monoisotopic (exact) mass is 386 g/mol. The highest BCUT2D eigenvalue weighted by Gasteiger charge is 2.12. The largest absolute Gasteiger partial charge is 0.497 e. The highest BCUT2D eigenvalue weighted by Crippen LogP contribution is 2.21. The average Bonchev–Trinajstić information content (AvgIpc) is 3.22. The van der Waals surface area contributed by atoms with Gasteiger partial charge in [0.2, 0.25) is 0 Å². The molecule has 0 unspecified atom stereocenters. The molecule has 2 aromatic carbocycles. The number of nitrogens with one attached hydrogen (secondary N) is 1. The maximum Gasteiger partial charge on any atom is 0.253 e. The van der Waals surface area contributed by atoms with Gasteiger partial charge in [0.05, 0.1) is 35.8 Å². The minimum Gasteiger partial charge on any atom is -0.497 e. The first kappa shape index (κ1) is 18.7. The summed E-state index contributed by atoms with van der Waals surface area (Å²) in [6, 6.07) is 17.5. The molecule has 0 fully saturated rings. The van der Waals surface area contributed by atoms with Gasteiger partial charge in [0, 0.05) is 24.2 Å². The number of carbonyl (C=O) groups is 1. The van der Waals surface area contributed by atoms with Gasteiger partial charge in [-0.05, 0) is 49.2 Å². The second-order valence-electron chi connectivity index (χ2n) is 6.81. The number of fused-ring (bicyclic) bond motifs is 1. The third-order valence-electron chi connectivity index (χ3n) is 4.82. The molecule has 4 aromatic rings. The second kappa shape index (κ2) is 8.14. The van der Waals surface area contributed by atoms with Crippen molar-refractivity contribution in [1.82, 2.24) is 20.1 Å². The highest BCUT2D eigenvalue weighted by molar-refractivity contribution is 5.98. The molecule has 0 atom stereocenters. The number of methoxy groups -OCH3 is 1. The minimum absolute atomic E-state index is 0.122. The summed E-state index contributed by atoms with van der Waals surface area (Å²) < 4.78 is 7.07. The molecule has 1 amide bonds. The first-order valence-electron chi connectivity index (χ1n) is 9.46. The van der Waals surface area contributed by atoms with Crippen LogP contribution in [0.1, 0.15) is 21.6 Å². The van der Waals surface area contributed by atoms with Gasteiger partial charge in [-0.2, -0.15) is 5.10 Å². The number of para-hydroxylation sites is 1. The van der Waals surface area contributed by atoms with Crippen molar-refractivity contribution < 1.29 is 9.53 Å². The predicted molar refractivity (Wildman–Crippen MR) is 113 cm³/mol. The molecule has 1 N–H and O–H groups in total. The van der Waals surface area contributed by atoms with Crippen LogP contribution < -0.4 is 10.1 Å². The van der Waals surface area contributed by atoms with Crippen molar-refractivity contribution in [1.29, 1.82) is 0 Å². The van der Waals surface area contributed by atoms with Crippen LogP contribution in [0.3, 0.4) is 0 Å². The van der Waals surface area contributed by atoms with Crippen LogP contribution in [0.2, 0.25) is 0 Å². The number of pyridine rings is 1. The summed E-state index contributed by atoms with van der Waals surface area (Å²) in [5, 5.41) is 8.28. The van der Waals surface area contributed by atoms with Crippen LogP contribution in [0.4, 0.5) is 0 Å². The Morgan fingerprint density at radius 3 is 2.76 bits per heavy atom.